The largest absolute Gasteiger partial charge is 0.495 e. The average Bonchev–Trinajstić information content (AvgIpc) is 3.29. The van der Waals surface area contributed by atoms with E-state index in [0.717, 1.165) is 30.6 Å². The molecule has 0 spiro atoms. The molecule has 42 heavy (non-hydrogen) atoms. The van der Waals surface area contributed by atoms with Crippen molar-refractivity contribution in [2.24, 2.45) is 0 Å². The minimum atomic E-state index is -4.47. The van der Waals surface area contributed by atoms with E-state index in [9.17, 15) is 22.1 Å². The van der Waals surface area contributed by atoms with E-state index in [0.29, 0.717) is 52.1 Å². The minimum Gasteiger partial charge on any atom is -0.495 e. The average molecular weight is 625 g/mol. The lowest BCUT2D eigenvalue weighted by molar-refractivity contribution is -0.126. The predicted octanol–water partition coefficient (Wildman–Crippen LogP) is 7.10. The summed E-state index contributed by atoms with van der Waals surface area (Å²) < 4.78 is 97.9. The summed E-state index contributed by atoms with van der Waals surface area (Å²) in [6, 6.07) is 9.42. The molecule has 2 N–H and O–H groups in total. The zero-order valence-corrected chi connectivity index (χ0v) is 25.0. The third kappa shape index (κ3) is 7.07. The summed E-state index contributed by atoms with van der Waals surface area (Å²) in [7, 11) is -3.54. The van der Waals surface area contributed by atoms with Crippen LogP contribution >= 0.6 is 18.5 Å². The van der Waals surface area contributed by atoms with Gasteiger partial charge in [-0.1, -0.05) is 30.4 Å². The Balaban J connectivity index is 1.40. The van der Waals surface area contributed by atoms with Crippen molar-refractivity contribution in [2.45, 2.75) is 50.5 Å². The molecule has 2 atom stereocenters. The molecule has 0 radical (unpaired) electrons. The molecule has 2 saturated heterocycles. The molecule has 2 fully saturated rings. The first kappa shape index (κ1) is 26.9. The molecule has 0 aliphatic carbocycles. The standard InChI is InChI=1S/C31H36F4N3O2PS/c1-38-15-13-25(24(32)20-38)37-27-9-6-8-22-23(19-31(33,34)35)29(42-30(22)27)10-7-14-36-26-12-11-21(18-28(26)40-2)41(39)16-4-3-5-17-41/h6,8-9,11-12,18,24-25,36-37H,3-5,13-17,19-20H2,1-2H3/t24-,25+/m1/s1/i2D3. The first-order valence-corrected chi connectivity index (χ1v) is 16.9. The van der Waals surface area contributed by atoms with Gasteiger partial charge in [-0.2, -0.15) is 13.2 Å². The molecule has 2 aliphatic heterocycles. The third-order valence-corrected chi connectivity index (χ3v) is 12.4. The van der Waals surface area contributed by atoms with Crippen molar-refractivity contribution < 1.29 is 31.0 Å². The molecule has 5 rings (SSSR count). The van der Waals surface area contributed by atoms with Crippen LogP contribution in [0, 0.1) is 11.8 Å². The van der Waals surface area contributed by atoms with Gasteiger partial charge >= 0.3 is 6.18 Å². The highest BCUT2D eigenvalue weighted by Crippen LogP contribution is 2.50. The topological polar surface area (TPSA) is 53.6 Å². The molecule has 2 aromatic carbocycles. The molecule has 3 aromatic rings. The number of alkyl halides is 4. The molecule has 1 aromatic heterocycles. The van der Waals surface area contributed by atoms with Crippen molar-refractivity contribution in [1.82, 2.24) is 4.90 Å². The number of thiophene rings is 1. The van der Waals surface area contributed by atoms with E-state index in [2.05, 4.69) is 22.5 Å². The molecule has 0 unspecified atom stereocenters. The van der Waals surface area contributed by atoms with Crippen LogP contribution in [0.5, 0.6) is 5.75 Å². The van der Waals surface area contributed by atoms with E-state index in [-0.39, 0.29) is 29.3 Å². The van der Waals surface area contributed by atoms with Crippen molar-refractivity contribution in [3.63, 3.8) is 0 Å². The quantitative estimate of drug-likeness (QED) is 0.167. The summed E-state index contributed by atoms with van der Waals surface area (Å²) in [6.45, 7) is 0.975. The van der Waals surface area contributed by atoms with Crippen LogP contribution in [0.1, 0.15) is 40.2 Å². The van der Waals surface area contributed by atoms with Gasteiger partial charge in [-0.3, -0.25) is 0 Å². The summed E-state index contributed by atoms with van der Waals surface area (Å²) in [5.41, 5.74) is 0.963. The van der Waals surface area contributed by atoms with E-state index in [1.807, 2.05) is 11.9 Å². The number of anilines is 2. The van der Waals surface area contributed by atoms with E-state index in [4.69, 9.17) is 8.85 Å². The lowest BCUT2D eigenvalue weighted by Gasteiger charge is -2.33. The Kier molecular flexibility index (Phi) is 8.23. The highest BCUT2D eigenvalue weighted by molar-refractivity contribution is 7.71. The number of nitrogens with one attached hydrogen (secondary N) is 2. The van der Waals surface area contributed by atoms with Gasteiger partial charge in [0.25, 0.3) is 0 Å². The van der Waals surface area contributed by atoms with E-state index >= 15 is 0 Å². The Bertz CT molecular complexity index is 1630. The maximum Gasteiger partial charge on any atom is 0.393 e. The van der Waals surface area contributed by atoms with Crippen molar-refractivity contribution in [1.29, 1.82) is 0 Å². The summed E-state index contributed by atoms with van der Waals surface area (Å²) in [4.78, 5) is 2.16. The second-order valence-electron chi connectivity index (χ2n) is 11.0. The van der Waals surface area contributed by atoms with E-state index in [1.54, 1.807) is 30.3 Å². The SMILES string of the molecule is [2H]C([2H])([2H])Oc1cc(P2(=O)CCCCC2)ccc1NCC#Cc1sc2c(N[C@H]3CCN(C)C[C@H]3F)cccc2c1CC(F)(F)F. The number of likely N-dealkylation sites (tertiary alicyclic amines) is 1. The molecular formula is C31H36F4N3O2PS. The van der Waals surface area contributed by atoms with Crippen LogP contribution in [0.15, 0.2) is 36.4 Å². The fourth-order valence-corrected chi connectivity index (χ4v) is 9.80. The van der Waals surface area contributed by atoms with Gasteiger partial charge < -0.3 is 24.8 Å². The zero-order chi connectivity index (χ0) is 32.4. The van der Waals surface area contributed by atoms with E-state index in [1.165, 1.54) is 6.07 Å². The zero-order valence-electron chi connectivity index (χ0n) is 26.3. The van der Waals surface area contributed by atoms with Gasteiger partial charge in [0, 0.05) is 30.7 Å². The van der Waals surface area contributed by atoms with Crippen LogP contribution in [-0.2, 0) is 11.0 Å². The number of benzene rings is 2. The third-order valence-electron chi connectivity index (χ3n) is 7.93. The van der Waals surface area contributed by atoms with Crippen LogP contribution in [-0.4, -0.2) is 69.3 Å². The molecular weight excluding hydrogens is 585 g/mol. The van der Waals surface area contributed by atoms with Crippen LogP contribution in [0.4, 0.5) is 28.9 Å². The number of fused-ring (bicyclic) bond motifs is 1. The number of nitrogens with zero attached hydrogens (tertiary/aromatic N) is 1. The lowest BCUT2D eigenvalue weighted by Crippen LogP contribution is -2.46. The molecule has 11 heteroatoms. The van der Waals surface area contributed by atoms with Crippen molar-refractivity contribution in [2.75, 3.05) is 56.7 Å². The summed E-state index contributed by atoms with van der Waals surface area (Å²) in [5, 5.41) is 7.23. The van der Waals surface area contributed by atoms with Crippen LogP contribution in [0.25, 0.3) is 10.1 Å². The van der Waals surface area contributed by atoms with Gasteiger partial charge in [0.15, 0.2) is 0 Å². The van der Waals surface area contributed by atoms with Crippen molar-refractivity contribution >= 4 is 45.2 Å². The Morgan fingerprint density at radius 3 is 2.74 bits per heavy atom. The smallest absolute Gasteiger partial charge is 0.393 e. The number of methoxy groups -OCH3 is 1. The first-order valence-electron chi connectivity index (χ1n) is 15.6. The number of piperidine rings is 1. The molecule has 2 aliphatic rings. The second-order valence-corrected chi connectivity index (χ2v) is 15.2. The van der Waals surface area contributed by atoms with Gasteiger partial charge in [-0.05, 0) is 61.5 Å². The van der Waals surface area contributed by atoms with Gasteiger partial charge in [0.05, 0.1) is 51.1 Å². The number of rotatable bonds is 7. The monoisotopic (exact) mass is 624 g/mol. The van der Waals surface area contributed by atoms with Gasteiger partial charge in [0.2, 0.25) is 0 Å². The molecule has 226 valence electrons. The summed E-state index contributed by atoms with van der Waals surface area (Å²) >= 11 is 1.13. The predicted molar refractivity (Wildman–Crippen MR) is 165 cm³/mol. The molecule has 0 amide bonds. The van der Waals surface area contributed by atoms with Gasteiger partial charge in [-0.15, -0.1) is 11.3 Å². The minimum absolute atomic E-state index is 0.0156. The van der Waals surface area contributed by atoms with Crippen LogP contribution in [0.2, 0.25) is 0 Å². The second kappa shape index (κ2) is 12.9. The van der Waals surface area contributed by atoms with Crippen LogP contribution < -0.4 is 20.7 Å². The van der Waals surface area contributed by atoms with Gasteiger partial charge in [0.1, 0.15) is 19.1 Å². The highest BCUT2D eigenvalue weighted by atomic mass is 32.1. The first-order chi connectivity index (χ1) is 21.2. The fraction of sp³-hybridized carbons (Fsp3) is 0.484. The Labute approximate surface area is 252 Å². The maximum atomic E-state index is 14.8. The molecule has 0 saturated carbocycles. The van der Waals surface area contributed by atoms with E-state index < -0.39 is 39.0 Å². The highest BCUT2D eigenvalue weighted by Gasteiger charge is 2.32. The lowest BCUT2D eigenvalue weighted by atomic mass is 10.0. The Hall–Kier alpha value is -2.73. The summed E-state index contributed by atoms with van der Waals surface area (Å²) in [6.07, 6.45) is -2.33. The molecule has 0 bridgehead atoms. The van der Waals surface area contributed by atoms with Crippen molar-refractivity contribution in [3.8, 4) is 17.6 Å². The summed E-state index contributed by atoms with van der Waals surface area (Å²) in [5.74, 6) is 5.77. The van der Waals surface area contributed by atoms with Crippen molar-refractivity contribution in [3.05, 3.63) is 46.8 Å². The normalized spacial score (nSPS) is 22.4. The molecule has 5 nitrogen and oxygen atoms in total. The number of hydrogen-bond donors (Lipinski definition) is 2. The Morgan fingerprint density at radius 1 is 1.19 bits per heavy atom. The number of halogens is 4. The van der Waals surface area contributed by atoms with Crippen LogP contribution in [0.3, 0.4) is 0 Å². The Morgan fingerprint density at radius 2 is 2.00 bits per heavy atom. The number of ether oxygens (including phenoxy) is 1. The fourth-order valence-electron chi connectivity index (χ4n) is 5.72. The van der Waals surface area contributed by atoms with Gasteiger partial charge in [-0.25, -0.2) is 4.39 Å². The number of hydrogen-bond acceptors (Lipinski definition) is 6. The molecule has 3 heterocycles. The maximum absolute atomic E-state index is 14.8.